The van der Waals surface area contributed by atoms with Gasteiger partial charge in [-0.1, -0.05) is 35.9 Å². The molecule has 1 aromatic heterocycles. The number of aryl methyl sites for hydroxylation is 1. The summed E-state index contributed by atoms with van der Waals surface area (Å²) in [5.74, 6) is 0. The Kier molecular flexibility index (Phi) is 2.49. The van der Waals surface area contributed by atoms with Gasteiger partial charge in [0.05, 0.1) is 5.39 Å². The molecule has 0 aliphatic heterocycles. The zero-order valence-electron chi connectivity index (χ0n) is 10.1. The Bertz CT molecular complexity index is 719. The summed E-state index contributed by atoms with van der Waals surface area (Å²) in [6.45, 7) is 2.03. The highest BCUT2D eigenvalue weighted by atomic mass is 16.5. The maximum Gasteiger partial charge on any atom is 0.231 e. The van der Waals surface area contributed by atoms with Crippen molar-refractivity contribution < 1.29 is 4.73 Å². The van der Waals surface area contributed by atoms with Gasteiger partial charge in [-0.05, 0) is 30.5 Å². The lowest BCUT2D eigenvalue weighted by atomic mass is 10.0. The van der Waals surface area contributed by atoms with Gasteiger partial charge >= 0.3 is 0 Å². The molecular formula is C16H13NO. The summed E-state index contributed by atoms with van der Waals surface area (Å²) in [5.41, 5.74) is 2.83. The first-order chi connectivity index (χ1) is 8.75. The fourth-order valence-electron chi connectivity index (χ4n) is 2.27. The molecule has 0 N–H and O–H groups in total. The van der Waals surface area contributed by atoms with Gasteiger partial charge in [-0.25, -0.2) is 0 Å². The molecule has 2 aromatic carbocycles. The van der Waals surface area contributed by atoms with Crippen molar-refractivity contribution in [1.82, 2.24) is 0 Å². The highest BCUT2D eigenvalue weighted by Gasteiger charge is 2.13. The molecule has 0 fully saturated rings. The van der Waals surface area contributed by atoms with Crippen molar-refractivity contribution >= 4 is 10.8 Å². The second kappa shape index (κ2) is 4.15. The van der Waals surface area contributed by atoms with Gasteiger partial charge in [-0.2, -0.15) is 4.73 Å². The van der Waals surface area contributed by atoms with Crippen LogP contribution in [-0.4, -0.2) is 0 Å². The molecule has 0 aliphatic carbocycles. The van der Waals surface area contributed by atoms with Crippen molar-refractivity contribution in [2.75, 3.05) is 0 Å². The van der Waals surface area contributed by atoms with Crippen molar-refractivity contribution in [2.24, 2.45) is 0 Å². The first-order valence-corrected chi connectivity index (χ1v) is 5.94. The Morgan fingerprint density at radius 3 is 2.61 bits per heavy atom. The van der Waals surface area contributed by atoms with Crippen molar-refractivity contribution in [2.45, 2.75) is 6.92 Å². The first-order valence-electron chi connectivity index (χ1n) is 5.94. The zero-order chi connectivity index (χ0) is 12.5. The molecule has 0 bridgehead atoms. The van der Waals surface area contributed by atoms with E-state index in [0.717, 1.165) is 32.3 Å². The third-order valence-corrected chi connectivity index (χ3v) is 3.12. The van der Waals surface area contributed by atoms with Crippen molar-refractivity contribution in [3.8, 4) is 11.3 Å². The molecule has 0 spiro atoms. The average molecular weight is 235 g/mol. The molecule has 0 amide bonds. The highest BCUT2D eigenvalue weighted by Crippen LogP contribution is 2.25. The second-order valence-electron chi connectivity index (χ2n) is 4.45. The lowest BCUT2D eigenvalue weighted by molar-refractivity contribution is -0.592. The van der Waals surface area contributed by atoms with Crippen LogP contribution in [0.4, 0.5) is 0 Å². The van der Waals surface area contributed by atoms with Crippen LogP contribution in [0.2, 0.25) is 0 Å². The zero-order valence-corrected chi connectivity index (χ0v) is 10.1. The van der Waals surface area contributed by atoms with Crippen molar-refractivity contribution in [1.29, 1.82) is 0 Å². The molecule has 0 atom stereocenters. The number of hydrogen-bond donors (Lipinski definition) is 0. The van der Waals surface area contributed by atoms with E-state index in [1.54, 1.807) is 6.20 Å². The van der Waals surface area contributed by atoms with Crippen LogP contribution in [0.3, 0.4) is 0 Å². The Balaban J connectivity index is 2.37. The smallest absolute Gasteiger partial charge is 0.231 e. The lowest BCUT2D eigenvalue weighted by Gasteiger charge is -2.08. The fourth-order valence-corrected chi connectivity index (χ4v) is 2.27. The Hall–Kier alpha value is -2.35. The van der Waals surface area contributed by atoms with E-state index in [0.29, 0.717) is 0 Å². The van der Waals surface area contributed by atoms with Crippen LogP contribution in [0.25, 0.3) is 22.0 Å². The molecule has 0 aliphatic rings. The predicted molar refractivity (Wildman–Crippen MR) is 73.1 cm³/mol. The molecule has 2 nitrogen and oxygen atoms in total. The molecule has 0 radical (unpaired) electrons. The molecule has 88 valence electrons. The van der Waals surface area contributed by atoms with Crippen LogP contribution in [0.15, 0.2) is 60.8 Å². The van der Waals surface area contributed by atoms with Crippen LogP contribution >= 0.6 is 0 Å². The summed E-state index contributed by atoms with van der Waals surface area (Å²) in [6, 6.07) is 17.8. The topological polar surface area (TPSA) is 26.9 Å². The summed E-state index contributed by atoms with van der Waals surface area (Å²) < 4.78 is 0.942. The summed E-state index contributed by atoms with van der Waals surface area (Å²) in [6.07, 6.45) is 1.57. The van der Waals surface area contributed by atoms with Gasteiger partial charge in [0.15, 0.2) is 6.20 Å². The minimum Gasteiger partial charge on any atom is -0.618 e. The van der Waals surface area contributed by atoms with E-state index in [1.807, 2.05) is 61.5 Å². The Morgan fingerprint density at radius 1 is 0.944 bits per heavy atom. The third kappa shape index (κ3) is 1.72. The number of fused-ring (bicyclic) bond motifs is 1. The number of benzene rings is 2. The van der Waals surface area contributed by atoms with E-state index < -0.39 is 0 Å². The van der Waals surface area contributed by atoms with Gasteiger partial charge in [-0.3, -0.25) is 0 Å². The standard InChI is InChI=1S/C16H13NO/c1-12-5-4-7-14(11-12)16-15-8-3-2-6-13(15)9-10-17(16)18/h2-11H,1H3. The molecule has 0 unspecified atom stereocenters. The number of rotatable bonds is 1. The van der Waals surface area contributed by atoms with E-state index in [2.05, 4.69) is 0 Å². The van der Waals surface area contributed by atoms with Crippen LogP contribution < -0.4 is 4.73 Å². The largest absolute Gasteiger partial charge is 0.618 e. The molecule has 2 heteroatoms. The quantitative estimate of drug-likeness (QED) is 0.469. The van der Waals surface area contributed by atoms with Crippen LogP contribution in [-0.2, 0) is 0 Å². The summed E-state index contributed by atoms with van der Waals surface area (Å²) in [7, 11) is 0. The molecule has 18 heavy (non-hydrogen) atoms. The maximum atomic E-state index is 12.1. The maximum absolute atomic E-state index is 12.1. The number of aromatic nitrogens is 1. The Labute approximate surface area is 106 Å². The van der Waals surface area contributed by atoms with Crippen molar-refractivity contribution in [3.63, 3.8) is 0 Å². The molecule has 0 saturated carbocycles. The minimum absolute atomic E-state index is 0.719. The van der Waals surface area contributed by atoms with E-state index in [9.17, 15) is 5.21 Å². The normalized spacial score (nSPS) is 10.7. The van der Waals surface area contributed by atoms with E-state index in [-0.39, 0.29) is 0 Å². The molecule has 0 saturated heterocycles. The number of pyridine rings is 1. The fraction of sp³-hybridized carbons (Fsp3) is 0.0625. The summed E-state index contributed by atoms with van der Waals surface area (Å²) >= 11 is 0. The number of hydrogen-bond acceptors (Lipinski definition) is 1. The average Bonchev–Trinajstić information content (AvgIpc) is 2.38. The predicted octanol–water partition coefficient (Wildman–Crippen LogP) is 3.45. The van der Waals surface area contributed by atoms with Gasteiger partial charge in [0.2, 0.25) is 5.69 Å². The van der Waals surface area contributed by atoms with Gasteiger partial charge in [0.1, 0.15) is 0 Å². The molecule has 3 rings (SSSR count). The van der Waals surface area contributed by atoms with Gasteiger partial charge in [-0.15, -0.1) is 0 Å². The summed E-state index contributed by atoms with van der Waals surface area (Å²) in [5, 5.41) is 14.1. The second-order valence-corrected chi connectivity index (χ2v) is 4.45. The molecular weight excluding hydrogens is 222 g/mol. The van der Waals surface area contributed by atoms with Crippen molar-refractivity contribution in [3.05, 3.63) is 71.6 Å². The van der Waals surface area contributed by atoms with Gasteiger partial charge in [0.25, 0.3) is 0 Å². The first kappa shape index (κ1) is 10.8. The van der Waals surface area contributed by atoms with E-state index in [4.69, 9.17) is 0 Å². The monoisotopic (exact) mass is 235 g/mol. The van der Waals surface area contributed by atoms with Crippen LogP contribution in [0.1, 0.15) is 5.56 Å². The van der Waals surface area contributed by atoms with Gasteiger partial charge in [0, 0.05) is 11.6 Å². The minimum atomic E-state index is 0.719. The number of nitrogens with zero attached hydrogens (tertiary/aromatic N) is 1. The van der Waals surface area contributed by atoms with E-state index >= 15 is 0 Å². The third-order valence-electron chi connectivity index (χ3n) is 3.12. The van der Waals surface area contributed by atoms with E-state index in [1.165, 1.54) is 0 Å². The molecule has 3 aromatic rings. The Morgan fingerprint density at radius 2 is 1.78 bits per heavy atom. The summed E-state index contributed by atoms with van der Waals surface area (Å²) in [4.78, 5) is 0. The van der Waals surface area contributed by atoms with Gasteiger partial charge < -0.3 is 5.21 Å². The molecule has 1 heterocycles. The highest BCUT2D eigenvalue weighted by molar-refractivity contribution is 5.92. The lowest BCUT2D eigenvalue weighted by Crippen LogP contribution is -2.28. The SMILES string of the molecule is Cc1cccc(-c2c3ccccc3cc[n+]2[O-])c1. The van der Waals surface area contributed by atoms with Crippen LogP contribution in [0.5, 0.6) is 0 Å². The van der Waals surface area contributed by atoms with Crippen LogP contribution in [0, 0.1) is 12.1 Å².